The lowest BCUT2D eigenvalue weighted by molar-refractivity contribution is -0.133. The van der Waals surface area contributed by atoms with E-state index in [0.717, 1.165) is 0 Å². The zero-order valence-corrected chi connectivity index (χ0v) is 20.3. The number of rotatable bonds is 6. The maximum atomic E-state index is 13.4. The molecule has 2 aliphatic rings. The molecule has 4 rings (SSSR count). The molecule has 0 aliphatic carbocycles. The molecule has 176 valence electrons. The molecule has 33 heavy (non-hydrogen) atoms. The summed E-state index contributed by atoms with van der Waals surface area (Å²) in [4.78, 5) is 42.5. The van der Waals surface area contributed by atoms with Crippen molar-refractivity contribution in [2.24, 2.45) is 5.92 Å². The third kappa shape index (κ3) is 4.15. The third-order valence-electron chi connectivity index (χ3n) is 6.52. The minimum Gasteiger partial charge on any atom is -0.493 e. The SMILES string of the molecule is COc1cccc(CN2C(=O)NC(C)(C3CCN(C(=O)c4sccc4Cl)CC3)C2=O)c1OC. The summed E-state index contributed by atoms with van der Waals surface area (Å²) >= 11 is 7.44. The number of nitrogens with one attached hydrogen (secondary N) is 1. The van der Waals surface area contributed by atoms with Crippen LogP contribution in [0, 0.1) is 5.92 Å². The van der Waals surface area contributed by atoms with Crippen molar-refractivity contribution in [2.45, 2.75) is 31.8 Å². The van der Waals surface area contributed by atoms with E-state index in [1.54, 1.807) is 41.5 Å². The van der Waals surface area contributed by atoms with Crippen LogP contribution < -0.4 is 14.8 Å². The van der Waals surface area contributed by atoms with Crippen molar-refractivity contribution in [2.75, 3.05) is 27.3 Å². The van der Waals surface area contributed by atoms with Crippen LogP contribution in [0.5, 0.6) is 11.5 Å². The molecule has 1 N–H and O–H groups in total. The summed E-state index contributed by atoms with van der Waals surface area (Å²) in [5.74, 6) is 0.575. The van der Waals surface area contributed by atoms with Gasteiger partial charge in [0.05, 0.1) is 25.8 Å². The molecule has 2 aliphatic heterocycles. The zero-order valence-electron chi connectivity index (χ0n) is 18.7. The molecule has 1 aromatic heterocycles. The van der Waals surface area contributed by atoms with Crippen LogP contribution in [0.1, 0.15) is 35.0 Å². The van der Waals surface area contributed by atoms with Gasteiger partial charge in [-0.15, -0.1) is 11.3 Å². The van der Waals surface area contributed by atoms with Gasteiger partial charge in [-0.05, 0) is 43.2 Å². The molecular formula is C23H26ClN3O5S. The zero-order chi connectivity index (χ0) is 23.8. The average molecular weight is 492 g/mol. The number of hydrogen-bond donors (Lipinski definition) is 1. The highest BCUT2D eigenvalue weighted by Crippen LogP contribution is 2.37. The van der Waals surface area contributed by atoms with Gasteiger partial charge in [-0.2, -0.15) is 0 Å². The largest absolute Gasteiger partial charge is 0.493 e. The van der Waals surface area contributed by atoms with E-state index in [2.05, 4.69) is 5.32 Å². The Kier molecular flexibility index (Phi) is 6.54. The Bertz CT molecular complexity index is 1080. The summed E-state index contributed by atoms with van der Waals surface area (Å²) in [6.07, 6.45) is 1.21. The fourth-order valence-electron chi connectivity index (χ4n) is 4.63. The number of methoxy groups -OCH3 is 2. The molecule has 8 nitrogen and oxygen atoms in total. The van der Waals surface area contributed by atoms with Crippen LogP contribution in [0.2, 0.25) is 5.02 Å². The molecule has 1 atom stereocenters. The molecule has 2 aromatic rings. The van der Waals surface area contributed by atoms with Gasteiger partial charge in [0, 0.05) is 18.7 Å². The first-order valence-electron chi connectivity index (χ1n) is 10.7. The van der Waals surface area contributed by atoms with Gasteiger partial charge < -0.3 is 19.7 Å². The van der Waals surface area contributed by atoms with Crippen molar-refractivity contribution in [3.63, 3.8) is 0 Å². The topological polar surface area (TPSA) is 88.2 Å². The Morgan fingerprint density at radius 1 is 1.21 bits per heavy atom. The monoisotopic (exact) mass is 491 g/mol. The van der Waals surface area contributed by atoms with Crippen LogP contribution in [0.25, 0.3) is 0 Å². The minimum atomic E-state index is -1.03. The van der Waals surface area contributed by atoms with Gasteiger partial charge in [0.2, 0.25) is 0 Å². The van der Waals surface area contributed by atoms with Crippen LogP contribution in [-0.2, 0) is 11.3 Å². The first-order valence-corrected chi connectivity index (χ1v) is 11.9. The van der Waals surface area contributed by atoms with Crippen LogP contribution >= 0.6 is 22.9 Å². The lowest BCUT2D eigenvalue weighted by atomic mass is 9.79. The lowest BCUT2D eigenvalue weighted by Gasteiger charge is -2.38. The number of carbonyl (C=O) groups is 3. The summed E-state index contributed by atoms with van der Waals surface area (Å²) in [6.45, 7) is 2.85. The van der Waals surface area contributed by atoms with Crippen LogP contribution in [0.4, 0.5) is 4.79 Å². The Morgan fingerprint density at radius 2 is 1.94 bits per heavy atom. The van der Waals surface area contributed by atoms with Gasteiger partial charge in [0.25, 0.3) is 11.8 Å². The molecule has 0 radical (unpaired) electrons. The number of likely N-dealkylation sites (tertiary alicyclic amines) is 1. The van der Waals surface area contributed by atoms with Gasteiger partial charge in [0.15, 0.2) is 11.5 Å². The van der Waals surface area contributed by atoms with E-state index in [4.69, 9.17) is 21.1 Å². The predicted octanol–water partition coefficient (Wildman–Crippen LogP) is 3.78. The number of imide groups is 1. The minimum absolute atomic E-state index is 0.0782. The average Bonchev–Trinajstić information content (AvgIpc) is 3.35. The van der Waals surface area contributed by atoms with Crippen molar-refractivity contribution in [1.29, 1.82) is 0 Å². The van der Waals surface area contributed by atoms with Crippen molar-refractivity contribution in [1.82, 2.24) is 15.1 Å². The number of urea groups is 1. The van der Waals surface area contributed by atoms with Gasteiger partial charge >= 0.3 is 6.03 Å². The number of piperidine rings is 1. The quantitative estimate of drug-likeness (QED) is 0.621. The molecule has 4 amide bonds. The predicted molar refractivity (Wildman–Crippen MR) is 125 cm³/mol. The summed E-state index contributed by atoms with van der Waals surface area (Å²) < 4.78 is 10.8. The number of carbonyl (C=O) groups excluding carboxylic acids is 3. The highest BCUT2D eigenvalue weighted by molar-refractivity contribution is 7.12. The highest BCUT2D eigenvalue weighted by Gasteiger charge is 2.53. The molecule has 1 unspecified atom stereocenters. The number of ether oxygens (including phenoxy) is 2. The highest BCUT2D eigenvalue weighted by atomic mass is 35.5. The Labute approximate surface area is 201 Å². The van der Waals surface area contributed by atoms with Crippen molar-refractivity contribution >= 4 is 40.8 Å². The number of halogens is 1. The number of benzene rings is 1. The van der Waals surface area contributed by atoms with Crippen molar-refractivity contribution in [3.8, 4) is 11.5 Å². The Hall–Kier alpha value is -2.78. The Morgan fingerprint density at radius 3 is 2.55 bits per heavy atom. The molecule has 0 spiro atoms. The fraction of sp³-hybridized carbons (Fsp3) is 0.435. The van der Waals surface area contributed by atoms with Crippen LogP contribution in [-0.4, -0.2) is 60.5 Å². The summed E-state index contributed by atoms with van der Waals surface area (Å²) in [6, 6.07) is 6.64. The standard InChI is InChI=1S/C23H26ClN3O5S/c1-23(15-7-10-26(11-8-15)20(28)19-16(24)9-12-33-19)21(29)27(22(30)25-23)13-14-5-4-6-17(31-2)18(14)32-3/h4-6,9,12,15H,7-8,10-11,13H2,1-3H3,(H,25,30). The molecule has 0 bridgehead atoms. The first kappa shape index (κ1) is 23.4. The molecule has 10 heteroatoms. The van der Waals surface area contributed by atoms with E-state index in [0.29, 0.717) is 52.9 Å². The maximum Gasteiger partial charge on any atom is 0.325 e. The molecule has 1 aromatic carbocycles. The van der Waals surface area contributed by atoms with Gasteiger partial charge in [0.1, 0.15) is 10.4 Å². The van der Waals surface area contributed by atoms with E-state index in [-0.39, 0.29) is 24.3 Å². The number of hydrogen-bond acceptors (Lipinski definition) is 6. The van der Waals surface area contributed by atoms with Gasteiger partial charge in [-0.1, -0.05) is 23.7 Å². The smallest absolute Gasteiger partial charge is 0.325 e. The lowest BCUT2D eigenvalue weighted by Crippen LogP contribution is -2.54. The molecule has 2 fully saturated rings. The second kappa shape index (κ2) is 9.23. The second-order valence-corrected chi connectivity index (χ2v) is 9.66. The number of nitrogens with zero attached hydrogens (tertiary/aromatic N) is 2. The van der Waals surface area contributed by atoms with Gasteiger partial charge in [-0.25, -0.2) is 4.79 Å². The van der Waals surface area contributed by atoms with Gasteiger partial charge in [-0.3, -0.25) is 14.5 Å². The van der Waals surface area contributed by atoms with Crippen molar-refractivity contribution in [3.05, 3.63) is 45.1 Å². The van der Waals surface area contributed by atoms with E-state index < -0.39 is 11.6 Å². The number of amides is 4. The summed E-state index contributed by atoms with van der Waals surface area (Å²) in [5.41, 5.74) is -0.350. The number of thiophene rings is 1. The van der Waals surface area contributed by atoms with Crippen molar-refractivity contribution < 1.29 is 23.9 Å². The Balaban J connectivity index is 1.46. The third-order valence-corrected chi connectivity index (χ3v) is 7.85. The maximum absolute atomic E-state index is 13.4. The van der Waals surface area contributed by atoms with E-state index in [1.807, 2.05) is 0 Å². The van der Waals surface area contributed by atoms with E-state index in [1.165, 1.54) is 30.5 Å². The normalized spacial score (nSPS) is 21.3. The molecule has 3 heterocycles. The number of para-hydroxylation sites is 1. The van der Waals surface area contributed by atoms with Crippen LogP contribution in [0.15, 0.2) is 29.6 Å². The van der Waals surface area contributed by atoms with E-state index >= 15 is 0 Å². The molecule has 2 saturated heterocycles. The summed E-state index contributed by atoms with van der Waals surface area (Å²) in [5, 5.41) is 5.16. The van der Waals surface area contributed by atoms with Crippen LogP contribution in [0.3, 0.4) is 0 Å². The van der Waals surface area contributed by atoms with E-state index in [9.17, 15) is 14.4 Å². The summed E-state index contributed by atoms with van der Waals surface area (Å²) in [7, 11) is 3.06. The molecular weight excluding hydrogens is 466 g/mol. The second-order valence-electron chi connectivity index (χ2n) is 8.34. The first-order chi connectivity index (χ1) is 15.8. The molecule has 0 saturated carbocycles. The fourth-order valence-corrected chi connectivity index (χ4v) is 5.74.